The number of cyclic esters (lactones) is 1. The molecule has 2 saturated carbocycles. The predicted octanol–water partition coefficient (Wildman–Crippen LogP) is 2.79. The van der Waals surface area contributed by atoms with Crippen LogP contribution in [0.25, 0.3) is 0 Å². The number of furan rings is 1. The highest BCUT2D eigenvalue weighted by Gasteiger charge is 2.80. The average molecular weight is 418 g/mol. The van der Waals surface area contributed by atoms with Crippen molar-refractivity contribution in [1.29, 1.82) is 0 Å². The smallest absolute Gasteiger partial charge is 0.312 e. The van der Waals surface area contributed by atoms with Crippen molar-refractivity contribution in [2.75, 3.05) is 13.2 Å². The van der Waals surface area contributed by atoms with Crippen molar-refractivity contribution in [1.82, 2.24) is 0 Å². The summed E-state index contributed by atoms with van der Waals surface area (Å²) in [4.78, 5) is 24.8. The molecule has 1 N–H and O–H groups in total. The van der Waals surface area contributed by atoms with E-state index < -0.39 is 28.1 Å². The molecule has 2 aliphatic heterocycles. The van der Waals surface area contributed by atoms with Crippen LogP contribution < -0.4 is 0 Å². The highest BCUT2D eigenvalue weighted by Crippen LogP contribution is 2.70. The summed E-state index contributed by atoms with van der Waals surface area (Å²) in [5.74, 6) is -0.886. The van der Waals surface area contributed by atoms with Crippen molar-refractivity contribution < 1.29 is 33.3 Å². The van der Waals surface area contributed by atoms with Crippen molar-refractivity contribution in [2.24, 2.45) is 16.7 Å². The Morgan fingerprint density at radius 3 is 2.80 bits per heavy atom. The first-order valence-electron chi connectivity index (χ1n) is 11.0. The van der Waals surface area contributed by atoms with Crippen LogP contribution in [-0.4, -0.2) is 47.6 Å². The molecule has 4 fully saturated rings. The largest absolute Gasteiger partial charge is 0.472 e. The molecule has 6 unspecified atom stereocenters. The molecule has 7 nitrogen and oxygen atoms in total. The molecule has 2 bridgehead atoms. The monoisotopic (exact) mass is 418 g/mol. The van der Waals surface area contributed by atoms with Gasteiger partial charge in [-0.05, 0) is 50.7 Å². The molecule has 1 spiro atoms. The summed E-state index contributed by atoms with van der Waals surface area (Å²) in [5.41, 5.74) is -2.25. The maximum absolute atomic E-state index is 12.9. The lowest BCUT2D eigenvalue weighted by atomic mass is 9.41. The van der Waals surface area contributed by atoms with Gasteiger partial charge in [0.05, 0.1) is 24.5 Å². The number of hydrogen-bond acceptors (Lipinski definition) is 7. The molecule has 30 heavy (non-hydrogen) atoms. The van der Waals surface area contributed by atoms with Crippen LogP contribution in [0.2, 0.25) is 0 Å². The van der Waals surface area contributed by atoms with Crippen LogP contribution >= 0.6 is 0 Å². The topological polar surface area (TPSA) is 98.5 Å². The minimum Gasteiger partial charge on any atom is -0.472 e. The summed E-state index contributed by atoms with van der Waals surface area (Å²) in [7, 11) is 0. The molecular weight excluding hydrogens is 388 g/mol. The van der Waals surface area contributed by atoms with E-state index in [1.807, 2.05) is 13.0 Å². The summed E-state index contributed by atoms with van der Waals surface area (Å²) >= 11 is 0. The first kappa shape index (κ1) is 20.1. The Morgan fingerprint density at radius 1 is 1.33 bits per heavy atom. The molecule has 3 heterocycles. The third kappa shape index (κ3) is 2.57. The Kier molecular flexibility index (Phi) is 4.39. The highest BCUT2D eigenvalue weighted by atomic mass is 16.6. The van der Waals surface area contributed by atoms with Crippen molar-refractivity contribution in [3.05, 3.63) is 24.2 Å². The minimum absolute atomic E-state index is 0.150. The van der Waals surface area contributed by atoms with Crippen molar-refractivity contribution in [2.45, 2.75) is 76.1 Å². The first-order valence-corrected chi connectivity index (χ1v) is 11.0. The van der Waals surface area contributed by atoms with Crippen LogP contribution in [0.1, 0.15) is 57.9 Å². The summed E-state index contributed by atoms with van der Waals surface area (Å²) in [6.45, 7) is 3.91. The van der Waals surface area contributed by atoms with E-state index in [1.165, 1.54) is 6.92 Å². The Balaban J connectivity index is 1.54. The number of ether oxygens (including phenoxy) is 3. The first-order chi connectivity index (χ1) is 14.3. The average Bonchev–Trinajstić information content (AvgIpc) is 3.27. The van der Waals surface area contributed by atoms with E-state index in [0.717, 1.165) is 31.2 Å². The Morgan fingerprint density at radius 2 is 2.13 bits per heavy atom. The van der Waals surface area contributed by atoms with Crippen LogP contribution in [0.3, 0.4) is 0 Å². The number of esters is 2. The maximum atomic E-state index is 12.9. The molecule has 2 saturated heterocycles. The third-order valence-electron chi connectivity index (χ3n) is 8.40. The molecule has 1 aromatic rings. The van der Waals surface area contributed by atoms with E-state index in [-0.39, 0.29) is 24.5 Å². The second-order valence-electron chi connectivity index (χ2n) is 9.96. The summed E-state index contributed by atoms with van der Waals surface area (Å²) < 4.78 is 22.6. The van der Waals surface area contributed by atoms with Gasteiger partial charge >= 0.3 is 11.9 Å². The van der Waals surface area contributed by atoms with Crippen LogP contribution in [0.5, 0.6) is 0 Å². The minimum atomic E-state index is -1.15. The number of epoxide rings is 1. The van der Waals surface area contributed by atoms with Gasteiger partial charge < -0.3 is 23.7 Å². The molecule has 7 heteroatoms. The normalized spacial score (nSPS) is 44.3. The van der Waals surface area contributed by atoms with E-state index in [2.05, 4.69) is 0 Å². The van der Waals surface area contributed by atoms with Gasteiger partial charge in [0.15, 0.2) is 0 Å². The molecule has 0 radical (unpaired) electrons. The zero-order valence-corrected chi connectivity index (χ0v) is 17.6. The highest BCUT2D eigenvalue weighted by molar-refractivity contribution is 5.79. The molecular formula is C23H30O7. The van der Waals surface area contributed by atoms with Crippen LogP contribution in [0, 0.1) is 16.7 Å². The van der Waals surface area contributed by atoms with E-state index in [0.29, 0.717) is 25.9 Å². The number of carbonyl (C=O) groups excluding carboxylic acids is 2. The quantitative estimate of drug-likeness (QED) is 0.580. The van der Waals surface area contributed by atoms with Gasteiger partial charge in [-0.15, -0.1) is 0 Å². The fourth-order valence-corrected chi connectivity index (χ4v) is 7.08. The molecule has 0 amide bonds. The Bertz CT molecular complexity index is 844. The molecule has 5 rings (SSSR count). The fourth-order valence-electron chi connectivity index (χ4n) is 7.08. The van der Waals surface area contributed by atoms with Gasteiger partial charge in [0.25, 0.3) is 0 Å². The van der Waals surface area contributed by atoms with Crippen LogP contribution in [0.4, 0.5) is 0 Å². The lowest BCUT2D eigenvalue weighted by molar-refractivity contribution is -0.296. The van der Waals surface area contributed by atoms with Gasteiger partial charge in [0, 0.05) is 24.7 Å². The number of carbonyl (C=O) groups is 2. The fraction of sp³-hybridized carbons (Fsp3) is 0.739. The summed E-state index contributed by atoms with van der Waals surface area (Å²) in [5, 5.41) is 12.4. The number of aryl methyl sites for hydroxylation is 1. The number of aliphatic hydroxyl groups is 1. The van der Waals surface area contributed by atoms with Gasteiger partial charge in [-0.1, -0.05) is 6.42 Å². The third-order valence-corrected chi connectivity index (χ3v) is 8.40. The Labute approximate surface area is 176 Å². The molecule has 2 aliphatic carbocycles. The van der Waals surface area contributed by atoms with E-state index >= 15 is 0 Å². The lowest BCUT2D eigenvalue weighted by Crippen LogP contribution is -2.76. The zero-order chi connectivity index (χ0) is 21.2. The van der Waals surface area contributed by atoms with Crippen LogP contribution in [-0.2, 0) is 30.2 Å². The zero-order valence-electron chi connectivity index (χ0n) is 17.6. The van der Waals surface area contributed by atoms with Crippen molar-refractivity contribution in [3.63, 3.8) is 0 Å². The molecule has 164 valence electrons. The molecule has 4 aliphatic rings. The van der Waals surface area contributed by atoms with Gasteiger partial charge in [-0.25, -0.2) is 0 Å². The number of rotatable bonds is 5. The van der Waals surface area contributed by atoms with Gasteiger partial charge in [-0.2, -0.15) is 0 Å². The standard InChI is InChI=1S/C23H30O7/c1-15(24)30-17-11-22(14-29-22)23(26,9-3-5-16-6-10-27-12-16)21-8-4-7-20(2,18(17)21)19(25)28-13-21/h6,10,12,17-18,26H,3-5,7-9,11,13-14H2,1-2H3. The van der Waals surface area contributed by atoms with Crippen LogP contribution in [0.15, 0.2) is 23.0 Å². The van der Waals surface area contributed by atoms with E-state index in [9.17, 15) is 14.7 Å². The SMILES string of the molecule is CC(=O)OC1CC2(CO2)C(O)(CCCc2ccoc2)C23CCCC(C)(C(=O)OC2)C13. The van der Waals surface area contributed by atoms with Gasteiger partial charge in [-0.3, -0.25) is 9.59 Å². The van der Waals surface area contributed by atoms with Gasteiger partial charge in [0.2, 0.25) is 0 Å². The van der Waals surface area contributed by atoms with E-state index in [4.69, 9.17) is 18.6 Å². The van der Waals surface area contributed by atoms with Gasteiger partial charge in [0.1, 0.15) is 23.9 Å². The van der Waals surface area contributed by atoms with Crippen molar-refractivity contribution >= 4 is 11.9 Å². The lowest BCUT2D eigenvalue weighted by Gasteiger charge is -2.66. The number of hydrogen-bond donors (Lipinski definition) is 1. The maximum Gasteiger partial charge on any atom is 0.312 e. The van der Waals surface area contributed by atoms with E-state index in [1.54, 1.807) is 12.5 Å². The molecule has 6 atom stereocenters. The second-order valence-corrected chi connectivity index (χ2v) is 9.96. The summed E-state index contributed by atoms with van der Waals surface area (Å²) in [6.07, 6.45) is 7.67. The second kappa shape index (κ2) is 6.57. The van der Waals surface area contributed by atoms with Crippen molar-refractivity contribution in [3.8, 4) is 0 Å². The Hall–Kier alpha value is -1.86. The molecule has 1 aromatic heterocycles. The predicted molar refractivity (Wildman–Crippen MR) is 104 cm³/mol. The molecule has 0 aromatic carbocycles. The summed E-state index contributed by atoms with van der Waals surface area (Å²) in [6, 6.07) is 1.94.